The second-order valence-electron chi connectivity index (χ2n) is 6.89. The first-order valence-electron chi connectivity index (χ1n) is 9.31. The van der Waals surface area contributed by atoms with Crippen LogP contribution in [0.1, 0.15) is 23.0 Å². The zero-order valence-electron chi connectivity index (χ0n) is 16.8. The Labute approximate surface area is 173 Å². The summed E-state index contributed by atoms with van der Waals surface area (Å²) in [4.78, 5) is 16.5. The van der Waals surface area contributed by atoms with Crippen molar-refractivity contribution in [3.8, 4) is 17.1 Å². The van der Waals surface area contributed by atoms with Gasteiger partial charge in [0, 0.05) is 34.8 Å². The molecule has 0 aliphatic heterocycles. The topological polar surface area (TPSA) is 72.8 Å². The summed E-state index contributed by atoms with van der Waals surface area (Å²) < 4.78 is 7.12. The predicted molar refractivity (Wildman–Crippen MR) is 116 cm³/mol. The molecule has 4 rings (SSSR count). The third-order valence-electron chi connectivity index (χ3n) is 4.97. The van der Waals surface area contributed by atoms with E-state index in [0.717, 1.165) is 39.3 Å². The van der Waals surface area contributed by atoms with Gasteiger partial charge >= 0.3 is 0 Å². The van der Waals surface area contributed by atoms with Crippen LogP contribution in [0, 0.1) is 6.92 Å². The number of hydrogen-bond donors (Lipinski definition) is 1. The van der Waals surface area contributed by atoms with Gasteiger partial charge in [-0.2, -0.15) is 0 Å². The van der Waals surface area contributed by atoms with Crippen LogP contribution in [0.2, 0.25) is 0 Å². The van der Waals surface area contributed by atoms with Gasteiger partial charge in [-0.05, 0) is 44.2 Å². The van der Waals surface area contributed by atoms with Gasteiger partial charge in [0.1, 0.15) is 5.75 Å². The first kappa shape index (κ1) is 19.3. The van der Waals surface area contributed by atoms with Crippen LogP contribution in [0.5, 0.6) is 5.75 Å². The number of carbonyl (C=O) groups excluding carboxylic acids is 1. The van der Waals surface area contributed by atoms with Crippen LogP contribution in [-0.2, 0) is 7.05 Å². The molecule has 0 saturated heterocycles. The molecule has 1 N–H and O–H groups in total. The average Bonchev–Trinajstić information content (AvgIpc) is 3.26. The molecule has 0 unspecified atom stereocenters. The van der Waals surface area contributed by atoms with E-state index in [0.29, 0.717) is 5.16 Å². The van der Waals surface area contributed by atoms with Gasteiger partial charge < -0.3 is 14.3 Å². The number of nitrogens with zero attached hydrogens (tertiary/aromatic N) is 3. The van der Waals surface area contributed by atoms with Crippen molar-refractivity contribution in [2.75, 3.05) is 7.11 Å². The third-order valence-corrected chi connectivity index (χ3v) is 6.11. The first-order chi connectivity index (χ1) is 14.0. The van der Waals surface area contributed by atoms with Gasteiger partial charge in [-0.1, -0.05) is 30.0 Å². The van der Waals surface area contributed by atoms with Crippen LogP contribution >= 0.6 is 11.8 Å². The maximum absolute atomic E-state index is 13.2. The monoisotopic (exact) mass is 406 g/mol. The van der Waals surface area contributed by atoms with E-state index in [-0.39, 0.29) is 11.0 Å². The van der Waals surface area contributed by atoms with Crippen molar-refractivity contribution in [3.63, 3.8) is 0 Å². The fraction of sp³-hybridized carbons (Fsp3) is 0.227. The van der Waals surface area contributed by atoms with E-state index in [4.69, 9.17) is 4.74 Å². The summed E-state index contributed by atoms with van der Waals surface area (Å²) in [5, 5.41) is 9.99. The van der Waals surface area contributed by atoms with E-state index in [2.05, 4.69) is 15.2 Å². The predicted octanol–water partition coefficient (Wildman–Crippen LogP) is 4.64. The summed E-state index contributed by atoms with van der Waals surface area (Å²) in [5.41, 5.74) is 3.56. The number of thioether (sulfide) groups is 1. The number of carbonyl (C=O) groups is 1. The average molecular weight is 407 g/mol. The summed E-state index contributed by atoms with van der Waals surface area (Å²) in [6.07, 6.45) is 0. The smallest absolute Gasteiger partial charge is 0.191 e. The molecular formula is C22H22N4O2S. The normalized spacial score (nSPS) is 12.3. The van der Waals surface area contributed by atoms with Crippen molar-refractivity contribution in [2.45, 2.75) is 24.3 Å². The van der Waals surface area contributed by atoms with E-state index in [1.807, 2.05) is 74.0 Å². The van der Waals surface area contributed by atoms with Gasteiger partial charge in [0.2, 0.25) is 0 Å². The second kappa shape index (κ2) is 7.75. The molecule has 29 heavy (non-hydrogen) atoms. The SMILES string of the molecule is COc1ccc(-c2nnc(S[C@@H](C)C(=O)c3c(C)[nH]c4ccccc34)n2C)cc1. The number of fused-ring (bicyclic) bond motifs is 1. The number of H-pyrrole nitrogens is 1. The Bertz CT molecular complexity index is 1180. The molecule has 0 radical (unpaired) electrons. The summed E-state index contributed by atoms with van der Waals surface area (Å²) in [6.45, 7) is 3.85. The number of Topliss-reactive ketones (excluding diaryl/α,β-unsaturated/α-hetero) is 1. The molecule has 2 aromatic carbocycles. The van der Waals surface area contributed by atoms with Crippen molar-refractivity contribution < 1.29 is 9.53 Å². The first-order valence-corrected chi connectivity index (χ1v) is 10.2. The summed E-state index contributed by atoms with van der Waals surface area (Å²) in [5.74, 6) is 1.62. The van der Waals surface area contributed by atoms with Crippen LogP contribution in [-0.4, -0.2) is 37.9 Å². The number of ether oxygens (including phenoxy) is 1. The van der Waals surface area contributed by atoms with Crippen LogP contribution in [0.3, 0.4) is 0 Å². The minimum absolute atomic E-state index is 0.0824. The maximum atomic E-state index is 13.2. The Morgan fingerprint density at radius 1 is 1.14 bits per heavy atom. The van der Waals surface area contributed by atoms with E-state index in [1.165, 1.54) is 11.8 Å². The Hall–Kier alpha value is -3.06. The minimum atomic E-state index is -0.292. The number of ketones is 1. The number of aromatic nitrogens is 4. The van der Waals surface area contributed by atoms with Crippen LogP contribution < -0.4 is 4.74 Å². The van der Waals surface area contributed by atoms with Crippen LogP contribution in [0.4, 0.5) is 0 Å². The summed E-state index contributed by atoms with van der Waals surface area (Å²) in [7, 11) is 3.55. The largest absolute Gasteiger partial charge is 0.497 e. The third kappa shape index (κ3) is 3.53. The lowest BCUT2D eigenvalue weighted by molar-refractivity contribution is 0.0995. The lowest BCUT2D eigenvalue weighted by Crippen LogP contribution is -2.15. The number of hydrogen-bond acceptors (Lipinski definition) is 5. The highest BCUT2D eigenvalue weighted by atomic mass is 32.2. The van der Waals surface area contributed by atoms with Gasteiger partial charge in [0.15, 0.2) is 16.8 Å². The van der Waals surface area contributed by atoms with E-state index in [1.54, 1.807) is 7.11 Å². The molecule has 0 amide bonds. The number of benzene rings is 2. The molecule has 0 aliphatic rings. The molecule has 4 aromatic rings. The highest BCUT2D eigenvalue weighted by Crippen LogP contribution is 2.31. The zero-order valence-corrected chi connectivity index (χ0v) is 17.6. The summed E-state index contributed by atoms with van der Waals surface area (Å²) >= 11 is 1.42. The van der Waals surface area contributed by atoms with Crippen LogP contribution in [0.15, 0.2) is 53.7 Å². The van der Waals surface area contributed by atoms with Gasteiger partial charge in [-0.15, -0.1) is 10.2 Å². The highest BCUT2D eigenvalue weighted by Gasteiger charge is 2.24. The van der Waals surface area contributed by atoms with E-state index in [9.17, 15) is 4.79 Å². The molecule has 0 bridgehead atoms. The molecule has 0 spiro atoms. The zero-order chi connectivity index (χ0) is 20.5. The van der Waals surface area contributed by atoms with Crippen molar-refractivity contribution in [3.05, 3.63) is 59.8 Å². The van der Waals surface area contributed by atoms with Gasteiger partial charge in [-0.3, -0.25) is 4.79 Å². The van der Waals surface area contributed by atoms with Gasteiger partial charge in [0.05, 0.1) is 12.4 Å². The van der Waals surface area contributed by atoms with Crippen molar-refractivity contribution in [1.29, 1.82) is 0 Å². The number of methoxy groups -OCH3 is 1. The lowest BCUT2D eigenvalue weighted by Gasteiger charge is -2.10. The number of nitrogens with one attached hydrogen (secondary N) is 1. The Morgan fingerprint density at radius 3 is 2.59 bits per heavy atom. The molecule has 148 valence electrons. The molecule has 0 fully saturated rings. The molecule has 6 nitrogen and oxygen atoms in total. The maximum Gasteiger partial charge on any atom is 0.191 e. The molecule has 0 aliphatic carbocycles. The van der Waals surface area contributed by atoms with Crippen molar-refractivity contribution in [1.82, 2.24) is 19.7 Å². The lowest BCUT2D eigenvalue weighted by atomic mass is 10.1. The van der Waals surface area contributed by atoms with Gasteiger partial charge in [-0.25, -0.2) is 0 Å². The number of rotatable bonds is 6. The molecule has 1 atom stereocenters. The highest BCUT2D eigenvalue weighted by molar-refractivity contribution is 8.00. The Kier molecular flexibility index (Phi) is 5.15. The Balaban J connectivity index is 1.58. The quantitative estimate of drug-likeness (QED) is 0.373. The number of aromatic amines is 1. The minimum Gasteiger partial charge on any atom is -0.497 e. The standard InChI is InChI=1S/C22H22N4O2S/c1-13-19(17-7-5-6-8-18(17)23-13)20(27)14(2)29-22-25-24-21(26(22)3)15-9-11-16(28-4)12-10-15/h5-12,14,23H,1-4H3/t14-/m0/s1. The Morgan fingerprint density at radius 2 is 1.86 bits per heavy atom. The fourth-order valence-corrected chi connectivity index (χ4v) is 4.29. The molecule has 7 heteroatoms. The molecule has 2 heterocycles. The fourth-order valence-electron chi connectivity index (χ4n) is 3.42. The van der Waals surface area contributed by atoms with E-state index >= 15 is 0 Å². The summed E-state index contributed by atoms with van der Waals surface area (Å²) in [6, 6.07) is 15.6. The van der Waals surface area contributed by atoms with E-state index < -0.39 is 0 Å². The molecule has 0 saturated carbocycles. The molecule has 2 aromatic heterocycles. The van der Waals surface area contributed by atoms with Crippen LogP contribution in [0.25, 0.3) is 22.3 Å². The van der Waals surface area contributed by atoms with Crippen molar-refractivity contribution >= 4 is 28.4 Å². The number of aryl methyl sites for hydroxylation is 1. The van der Waals surface area contributed by atoms with Crippen molar-refractivity contribution in [2.24, 2.45) is 7.05 Å². The second-order valence-corrected chi connectivity index (χ2v) is 8.20. The molecular weight excluding hydrogens is 384 g/mol. The van der Waals surface area contributed by atoms with Gasteiger partial charge in [0.25, 0.3) is 0 Å². The number of para-hydroxylation sites is 1.